The summed E-state index contributed by atoms with van der Waals surface area (Å²) in [5.41, 5.74) is 0.771. The number of alkyl halides is 3. The normalized spacial score (nSPS) is 11.8. The van der Waals surface area contributed by atoms with E-state index in [4.69, 9.17) is 0 Å². The average Bonchev–Trinajstić information content (AvgIpc) is 2.89. The molecule has 0 unspecified atom stereocenters. The Hall–Kier alpha value is -2.91. The second kappa shape index (κ2) is 5.62. The Kier molecular flexibility index (Phi) is 3.74. The number of nitrogens with zero attached hydrogens (tertiary/aromatic N) is 6. The lowest BCUT2D eigenvalue weighted by molar-refractivity contribution is -0.137. The molecule has 0 spiro atoms. The van der Waals surface area contributed by atoms with Crippen LogP contribution in [0.4, 0.5) is 30.4 Å². The molecule has 0 radical (unpaired) electrons. The standard InChI is InChI=1S/C14H14F3N7/c1-23(2)10-5-8(14(15,16)17)4-9(6-10)20-12-11-13(19-7-18-12)24(3)22-21-11/h4-7H,1-3H3,(H,18,19,20). The number of aromatic nitrogens is 5. The van der Waals surface area contributed by atoms with Gasteiger partial charge in [-0.15, -0.1) is 5.10 Å². The van der Waals surface area contributed by atoms with Crippen molar-refractivity contribution in [2.24, 2.45) is 7.05 Å². The van der Waals surface area contributed by atoms with Crippen LogP contribution in [0.5, 0.6) is 0 Å². The predicted molar refractivity (Wildman–Crippen MR) is 83.2 cm³/mol. The minimum absolute atomic E-state index is 0.249. The van der Waals surface area contributed by atoms with Crippen molar-refractivity contribution in [3.05, 3.63) is 30.1 Å². The Balaban J connectivity index is 2.07. The van der Waals surface area contributed by atoms with Crippen LogP contribution in [0.15, 0.2) is 24.5 Å². The van der Waals surface area contributed by atoms with Gasteiger partial charge in [0.2, 0.25) is 0 Å². The molecule has 1 N–H and O–H groups in total. The minimum Gasteiger partial charge on any atom is -0.378 e. The van der Waals surface area contributed by atoms with Gasteiger partial charge in [0.25, 0.3) is 0 Å². The van der Waals surface area contributed by atoms with E-state index in [1.165, 1.54) is 11.0 Å². The first-order valence-electron chi connectivity index (χ1n) is 6.93. The fraction of sp³-hybridized carbons (Fsp3) is 0.286. The lowest BCUT2D eigenvalue weighted by atomic mass is 10.1. The number of benzene rings is 1. The SMILES string of the molecule is CN(C)c1cc(Nc2ncnc3c2nnn3C)cc(C(F)(F)F)c1. The summed E-state index contributed by atoms with van der Waals surface area (Å²) in [5, 5.41) is 10.6. The first kappa shape index (κ1) is 16.0. The Bertz CT molecular complexity index is 886. The third kappa shape index (κ3) is 2.94. The average molecular weight is 337 g/mol. The molecule has 0 aliphatic heterocycles. The van der Waals surface area contributed by atoms with Gasteiger partial charge in [-0.25, -0.2) is 14.6 Å². The van der Waals surface area contributed by atoms with Crippen LogP contribution in [0.2, 0.25) is 0 Å². The van der Waals surface area contributed by atoms with Crippen molar-refractivity contribution in [2.45, 2.75) is 6.18 Å². The van der Waals surface area contributed by atoms with Gasteiger partial charge in [-0.1, -0.05) is 5.21 Å². The molecule has 3 aromatic rings. The van der Waals surface area contributed by atoms with Crippen molar-refractivity contribution < 1.29 is 13.2 Å². The highest BCUT2D eigenvalue weighted by molar-refractivity contribution is 5.84. The first-order valence-corrected chi connectivity index (χ1v) is 6.93. The molecule has 2 heterocycles. The molecule has 0 aliphatic carbocycles. The quantitative estimate of drug-likeness (QED) is 0.792. The van der Waals surface area contributed by atoms with E-state index in [1.54, 1.807) is 32.1 Å². The highest BCUT2D eigenvalue weighted by atomic mass is 19.4. The summed E-state index contributed by atoms with van der Waals surface area (Å²) in [6.45, 7) is 0. The second-order valence-corrected chi connectivity index (χ2v) is 5.39. The van der Waals surface area contributed by atoms with Gasteiger partial charge in [0.05, 0.1) is 5.56 Å². The molecule has 2 aromatic heterocycles. The van der Waals surface area contributed by atoms with Gasteiger partial charge in [0, 0.05) is 32.5 Å². The van der Waals surface area contributed by atoms with Gasteiger partial charge >= 0.3 is 6.18 Å². The molecule has 3 rings (SSSR count). The molecule has 126 valence electrons. The summed E-state index contributed by atoms with van der Waals surface area (Å²) < 4.78 is 40.8. The van der Waals surface area contributed by atoms with Crippen molar-refractivity contribution in [3.8, 4) is 0 Å². The van der Waals surface area contributed by atoms with Gasteiger partial charge in [-0.2, -0.15) is 13.2 Å². The third-order valence-corrected chi connectivity index (χ3v) is 3.41. The predicted octanol–water partition coefficient (Wildman–Crippen LogP) is 2.59. The monoisotopic (exact) mass is 337 g/mol. The summed E-state index contributed by atoms with van der Waals surface area (Å²) in [6.07, 6.45) is -3.15. The highest BCUT2D eigenvalue weighted by Gasteiger charge is 2.31. The maximum Gasteiger partial charge on any atom is 0.416 e. The van der Waals surface area contributed by atoms with Crippen molar-refractivity contribution >= 4 is 28.4 Å². The lowest BCUT2D eigenvalue weighted by Crippen LogP contribution is -2.12. The first-order chi connectivity index (χ1) is 11.3. The van der Waals surface area contributed by atoms with E-state index >= 15 is 0 Å². The van der Waals surface area contributed by atoms with Crippen molar-refractivity contribution in [1.29, 1.82) is 0 Å². The number of hydrogen-bond acceptors (Lipinski definition) is 6. The van der Waals surface area contributed by atoms with E-state index in [2.05, 4.69) is 25.6 Å². The summed E-state index contributed by atoms with van der Waals surface area (Å²) in [5.74, 6) is 0.289. The van der Waals surface area contributed by atoms with E-state index < -0.39 is 11.7 Å². The van der Waals surface area contributed by atoms with Gasteiger partial charge in [-0.05, 0) is 18.2 Å². The largest absolute Gasteiger partial charge is 0.416 e. The van der Waals surface area contributed by atoms with Crippen LogP contribution in [-0.4, -0.2) is 39.1 Å². The van der Waals surface area contributed by atoms with Crippen LogP contribution in [0.1, 0.15) is 5.56 Å². The van der Waals surface area contributed by atoms with Crippen LogP contribution in [0, 0.1) is 0 Å². The molecule has 0 fully saturated rings. The number of rotatable bonds is 3. The molecule has 7 nitrogen and oxygen atoms in total. The van der Waals surface area contributed by atoms with E-state index in [9.17, 15) is 13.2 Å². The highest BCUT2D eigenvalue weighted by Crippen LogP contribution is 2.35. The minimum atomic E-state index is -4.45. The fourth-order valence-electron chi connectivity index (χ4n) is 2.19. The molecule has 1 aromatic carbocycles. The van der Waals surface area contributed by atoms with E-state index in [1.807, 2.05) is 0 Å². The number of anilines is 3. The van der Waals surface area contributed by atoms with Crippen LogP contribution < -0.4 is 10.2 Å². The number of hydrogen-bond donors (Lipinski definition) is 1. The number of halogens is 3. The van der Waals surface area contributed by atoms with Gasteiger partial charge in [0.1, 0.15) is 6.33 Å². The third-order valence-electron chi connectivity index (χ3n) is 3.41. The summed E-state index contributed by atoms with van der Waals surface area (Å²) >= 11 is 0. The van der Waals surface area contributed by atoms with Crippen molar-refractivity contribution in [1.82, 2.24) is 25.0 Å². The van der Waals surface area contributed by atoms with Crippen molar-refractivity contribution in [2.75, 3.05) is 24.3 Å². The molecule has 0 aliphatic rings. The van der Waals surface area contributed by atoms with Crippen LogP contribution in [-0.2, 0) is 13.2 Å². The number of nitrogens with one attached hydrogen (secondary N) is 1. The summed E-state index contributed by atoms with van der Waals surface area (Å²) in [6, 6.07) is 3.71. The molecular formula is C14H14F3N7. The molecule has 0 atom stereocenters. The van der Waals surface area contributed by atoms with E-state index in [-0.39, 0.29) is 11.5 Å². The number of aryl methyl sites for hydroxylation is 1. The summed E-state index contributed by atoms with van der Waals surface area (Å²) in [4.78, 5) is 9.69. The topological polar surface area (TPSA) is 71.8 Å². The Morgan fingerprint density at radius 1 is 1.12 bits per heavy atom. The van der Waals surface area contributed by atoms with Gasteiger partial charge in [-0.3, -0.25) is 0 Å². The molecule has 0 saturated carbocycles. The Morgan fingerprint density at radius 2 is 1.88 bits per heavy atom. The molecule has 0 amide bonds. The van der Waals surface area contributed by atoms with E-state index in [0.717, 1.165) is 12.1 Å². The second-order valence-electron chi connectivity index (χ2n) is 5.39. The molecule has 10 heteroatoms. The zero-order valence-electron chi connectivity index (χ0n) is 13.1. The molecular weight excluding hydrogens is 323 g/mol. The molecule has 0 saturated heterocycles. The van der Waals surface area contributed by atoms with Gasteiger partial charge in [0.15, 0.2) is 17.0 Å². The number of fused-ring (bicyclic) bond motifs is 1. The maximum atomic E-state index is 13.1. The Morgan fingerprint density at radius 3 is 2.54 bits per heavy atom. The van der Waals surface area contributed by atoms with Gasteiger partial charge < -0.3 is 10.2 Å². The molecule has 24 heavy (non-hydrogen) atoms. The van der Waals surface area contributed by atoms with Crippen LogP contribution >= 0.6 is 0 Å². The lowest BCUT2D eigenvalue weighted by Gasteiger charge is -2.18. The van der Waals surface area contributed by atoms with Crippen molar-refractivity contribution in [3.63, 3.8) is 0 Å². The molecule has 0 bridgehead atoms. The van der Waals surface area contributed by atoms with E-state index in [0.29, 0.717) is 16.9 Å². The van der Waals surface area contributed by atoms with Crippen LogP contribution in [0.3, 0.4) is 0 Å². The Labute approximate surface area is 135 Å². The zero-order valence-corrected chi connectivity index (χ0v) is 13.1. The smallest absolute Gasteiger partial charge is 0.378 e. The zero-order chi connectivity index (χ0) is 17.5. The summed E-state index contributed by atoms with van der Waals surface area (Å²) in [7, 11) is 5.01. The fourth-order valence-corrected chi connectivity index (χ4v) is 2.19. The van der Waals surface area contributed by atoms with Crippen LogP contribution in [0.25, 0.3) is 11.2 Å². The maximum absolute atomic E-state index is 13.1.